The van der Waals surface area contributed by atoms with Crippen molar-refractivity contribution in [2.45, 2.75) is 0 Å². The second kappa shape index (κ2) is 2.86. The topological polar surface area (TPSA) is 97.5 Å². The lowest BCUT2D eigenvalue weighted by Crippen LogP contribution is -2.38. The van der Waals surface area contributed by atoms with E-state index in [2.05, 4.69) is 15.7 Å². The third-order valence-electron chi connectivity index (χ3n) is 0.861. The van der Waals surface area contributed by atoms with E-state index in [1.165, 1.54) is 0 Å². The van der Waals surface area contributed by atoms with Crippen LogP contribution in [0, 0.1) is 0 Å². The molecule has 0 atom stereocenters. The lowest BCUT2D eigenvalue weighted by Gasteiger charge is -2.17. The molecule has 1 rings (SSSR count). The van der Waals surface area contributed by atoms with Crippen LogP contribution in [-0.4, -0.2) is 40.0 Å². The van der Waals surface area contributed by atoms with Crippen molar-refractivity contribution < 1.29 is 15.0 Å². The van der Waals surface area contributed by atoms with Crippen molar-refractivity contribution in [3.63, 3.8) is 0 Å². The van der Waals surface area contributed by atoms with Gasteiger partial charge in [0.1, 0.15) is 6.21 Å². The van der Waals surface area contributed by atoms with Crippen molar-refractivity contribution in [3.8, 4) is 0 Å². The molecule has 0 aromatic rings. The number of carboxylic acid groups (broad SMARTS) is 1. The van der Waals surface area contributed by atoms with Crippen LogP contribution >= 0.6 is 0 Å². The Morgan fingerprint density at radius 3 is 3.09 bits per heavy atom. The zero-order valence-corrected chi connectivity index (χ0v) is 5.43. The van der Waals surface area contributed by atoms with Gasteiger partial charge >= 0.3 is 5.97 Å². The Balaban J connectivity index is 2.50. The number of carbonyl (C=O) groups is 1. The van der Waals surface area contributed by atoms with E-state index < -0.39 is 5.97 Å². The molecule has 0 bridgehead atoms. The first-order valence-corrected chi connectivity index (χ1v) is 2.74. The van der Waals surface area contributed by atoms with Gasteiger partial charge in [0.2, 0.25) is 0 Å². The smallest absolute Gasteiger partial charge is 0.327 e. The molecule has 3 N–H and O–H groups in total. The summed E-state index contributed by atoms with van der Waals surface area (Å²) in [6.45, 7) is -0.360. The lowest BCUT2D eigenvalue weighted by molar-refractivity contribution is -0.139. The van der Waals surface area contributed by atoms with Gasteiger partial charge in [0.25, 0.3) is 5.90 Å². The fourth-order valence-corrected chi connectivity index (χ4v) is 0.524. The molecule has 0 aromatic carbocycles. The van der Waals surface area contributed by atoms with Gasteiger partial charge in [0.15, 0.2) is 6.54 Å². The molecule has 0 saturated heterocycles. The fraction of sp³-hybridized carbons (Fsp3) is 0.250. The Hall–Kier alpha value is -1.79. The third-order valence-corrected chi connectivity index (χ3v) is 0.861. The minimum absolute atomic E-state index is 0.329. The van der Waals surface area contributed by atoms with Crippen molar-refractivity contribution in [2.75, 3.05) is 6.54 Å². The van der Waals surface area contributed by atoms with Crippen LogP contribution in [0.25, 0.3) is 0 Å². The van der Waals surface area contributed by atoms with Gasteiger partial charge < -0.3 is 10.2 Å². The van der Waals surface area contributed by atoms with Crippen molar-refractivity contribution in [1.29, 1.82) is 0 Å². The normalized spacial score (nSPS) is 15.6. The molecule has 60 valence electrons. The molecule has 7 nitrogen and oxygen atoms in total. The highest BCUT2D eigenvalue weighted by Crippen LogP contribution is 1.88. The summed E-state index contributed by atoms with van der Waals surface area (Å²) in [6, 6.07) is 0. The van der Waals surface area contributed by atoms with Crippen LogP contribution in [0.4, 0.5) is 0 Å². The average Bonchev–Trinajstić information content (AvgIpc) is 1.85. The number of rotatable bonds is 2. The maximum atomic E-state index is 10.1. The standard InChI is InChI=1S/C4H6N4O3/c9-3-1-5-7-8(6-3)2-4(10)11/h1,7H,2H2,(H,6,9)(H,10,11). The maximum Gasteiger partial charge on any atom is 0.327 e. The molecule has 11 heavy (non-hydrogen) atoms. The summed E-state index contributed by atoms with van der Waals surface area (Å²) in [5.41, 5.74) is 2.26. The van der Waals surface area contributed by atoms with Crippen LogP contribution in [0.15, 0.2) is 10.2 Å². The van der Waals surface area contributed by atoms with Gasteiger partial charge in [-0.2, -0.15) is 10.2 Å². The van der Waals surface area contributed by atoms with Gasteiger partial charge in [-0.3, -0.25) is 4.79 Å². The number of nitrogens with one attached hydrogen (secondary N) is 1. The number of hydrazone groups is 2. The first-order valence-electron chi connectivity index (χ1n) is 2.74. The van der Waals surface area contributed by atoms with Crippen LogP contribution in [0.1, 0.15) is 0 Å². The van der Waals surface area contributed by atoms with Crippen molar-refractivity contribution in [1.82, 2.24) is 10.7 Å². The first kappa shape index (κ1) is 7.32. The molecule has 0 radical (unpaired) electrons. The van der Waals surface area contributed by atoms with Crippen molar-refractivity contribution >= 4 is 18.1 Å². The Kier molecular flexibility index (Phi) is 1.90. The van der Waals surface area contributed by atoms with Crippen LogP contribution in [0.5, 0.6) is 0 Å². The number of aliphatic hydroxyl groups is 1. The Morgan fingerprint density at radius 2 is 2.55 bits per heavy atom. The van der Waals surface area contributed by atoms with E-state index in [-0.39, 0.29) is 12.4 Å². The Labute approximate surface area is 61.6 Å². The van der Waals surface area contributed by atoms with E-state index in [4.69, 9.17) is 10.2 Å². The minimum atomic E-state index is -1.06. The lowest BCUT2D eigenvalue weighted by atomic mass is 10.7. The highest BCUT2D eigenvalue weighted by molar-refractivity contribution is 6.25. The van der Waals surface area contributed by atoms with Crippen molar-refractivity contribution in [3.05, 3.63) is 0 Å². The second-order valence-corrected chi connectivity index (χ2v) is 1.77. The monoisotopic (exact) mass is 158 g/mol. The second-order valence-electron chi connectivity index (χ2n) is 1.77. The summed E-state index contributed by atoms with van der Waals surface area (Å²) in [5.74, 6) is -1.39. The molecular formula is C4H6N4O3. The van der Waals surface area contributed by atoms with E-state index in [0.717, 1.165) is 11.3 Å². The predicted molar refractivity (Wildman–Crippen MR) is 36.0 cm³/mol. The van der Waals surface area contributed by atoms with Gasteiger partial charge in [0.05, 0.1) is 0 Å². The minimum Gasteiger partial charge on any atom is -0.491 e. The molecule has 7 heteroatoms. The van der Waals surface area contributed by atoms with Gasteiger partial charge in [-0.1, -0.05) is 0 Å². The molecule has 0 amide bonds. The zero-order valence-electron chi connectivity index (χ0n) is 5.43. The predicted octanol–water partition coefficient (Wildman–Crippen LogP) is -1.25. The molecule has 0 saturated carbocycles. The number of hydrogen-bond acceptors (Lipinski definition) is 5. The summed E-state index contributed by atoms with van der Waals surface area (Å²) >= 11 is 0. The van der Waals surface area contributed by atoms with E-state index in [1.807, 2.05) is 0 Å². The fourth-order valence-electron chi connectivity index (χ4n) is 0.524. The van der Waals surface area contributed by atoms with Gasteiger partial charge in [0, 0.05) is 0 Å². The first-order chi connectivity index (χ1) is 5.18. The molecule has 0 aromatic heterocycles. The van der Waals surface area contributed by atoms with E-state index in [1.54, 1.807) is 0 Å². The summed E-state index contributed by atoms with van der Waals surface area (Å²) < 4.78 is 0. The maximum absolute atomic E-state index is 10.1. The third kappa shape index (κ3) is 2.12. The summed E-state index contributed by atoms with van der Waals surface area (Å²) in [6.07, 6.45) is 1.07. The number of aliphatic hydroxyl groups excluding tert-OH is 1. The molecule has 0 fully saturated rings. The average molecular weight is 158 g/mol. The Bertz CT molecular complexity index is 223. The van der Waals surface area contributed by atoms with Crippen LogP contribution in [-0.2, 0) is 4.79 Å². The molecule has 0 aliphatic carbocycles. The van der Waals surface area contributed by atoms with Gasteiger partial charge in [-0.15, -0.1) is 5.10 Å². The number of nitrogens with zero attached hydrogens (tertiary/aromatic N) is 3. The largest absolute Gasteiger partial charge is 0.491 e. The molecular weight excluding hydrogens is 152 g/mol. The number of hydrazine groups is 1. The number of carboxylic acids is 1. The van der Waals surface area contributed by atoms with Gasteiger partial charge in [-0.25, -0.2) is 5.53 Å². The summed E-state index contributed by atoms with van der Waals surface area (Å²) in [7, 11) is 0. The van der Waals surface area contributed by atoms with E-state index in [9.17, 15) is 4.79 Å². The van der Waals surface area contributed by atoms with E-state index in [0.29, 0.717) is 0 Å². The highest BCUT2D eigenvalue weighted by Gasteiger charge is 2.09. The molecule has 1 heterocycles. The van der Waals surface area contributed by atoms with Gasteiger partial charge in [-0.05, 0) is 0 Å². The number of hydrogen-bond donors (Lipinski definition) is 3. The van der Waals surface area contributed by atoms with Crippen LogP contribution in [0.3, 0.4) is 0 Å². The van der Waals surface area contributed by atoms with Crippen LogP contribution in [0.2, 0.25) is 0 Å². The Morgan fingerprint density at radius 1 is 1.82 bits per heavy atom. The number of aliphatic carboxylic acids is 1. The zero-order chi connectivity index (χ0) is 8.27. The van der Waals surface area contributed by atoms with Crippen molar-refractivity contribution in [2.24, 2.45) is 10.2 Å². The summed E-state index contributed by atoms with van der Waals surface area (Å²) in [5, 5.41) is 24.7. The highest BCUT2D eigenvalue weighted by atomic mass is 16.4. The molecule has 0 unspecified atom stereocenters. The SMILES string of the molecule is O=C(O)CN1N=C(O)C=NN1. The van der Waals surface area contributed by atoms with Crippen LogP contribution < -0.4 is 5.53 Å². The summed E-state index contributed by atoms with van der Waals surface area (Å²) in [4.78, 5) is 10.1. The molecule has 0 spiro atoms. The van der Waals surface area contributed by atoms with E-state index >= 15 is 0 Å². The molecule has 1 aliphatic rings. The quantitative estimate of drug-likeness (QED) is 0.466. The molecule has 1 aliphatic heterocycles.